The van der Waals surface area contributed by atoms with Gasteiger partial charge in [0.1, 0.15) is 11.8 Å². The molecule has 0 aliphatic heterocycles. The minimum atomic E-state index is -0.459. The Morgan fingerprint density at radius 3 is 2.42 bits per heavy atom. The van der Waals surface area contributed by atoms with E-state index in [4.69, 9.17) is 16.3 Å². The van der Waals surface area contributed by atoms with Crippen LogP contribution >= 0.6 is 11.6 Å². The van der Waals surface area contributed by atoms with Gasteiger partial charge in [0.05, 0.1) is 43.4 Å². The summed E-state index contributed by atoms with van der Waals surface area (Å²) in [6, 6.07) is 12.6. The number of quaternary nitrogens is 1. The number of halogens is 1. The van der Waals surface area contributed by atoms with E-state index in [2.05, 4.69) is 19.4 Å². The van der Waals surface area contributed by atoms with Crippen LogP contribution in [0, 0.1) is 10.1 Å². The zero-order chi connectivity index (χ0) is 17.7. The molecule has 0 heterocycles. The molecule has 0 aromatic heterocycles. The van der Waals surface area contributed by atoms with Crippen LogP contribution < -0.4 is 15.0 Å². The lowest BCUT2D eigenvalue weighted by Gasteiger charge is -2.23. The average Bonchev–Trinajstić information content (AvgIpc) is 2.56. The maximum Gasteiger partial charge on any atom is 0.271 e. The van der Waals surface area contributed by atoms with Crippen molar-refractivity contribution in [3.63, 3.8) is 0 Å². The summed E-state index contributed by atoms with van der Waals surface area (Å²) in [5, 5.41) is 14.4. The molecule has 0 saturated heterocycles. The van der Waals surface area contributed by atoms with E-state index in [9.17, 15) is 10.1 Å². The lowest BCUT2D eigenvalue weighted by atomic mass is 10.1. The Bertz CT molecular complexity index is 705. The minimum Gasteiger partial charge on any atom is -0.497 e. The van der Waals surface area contributed by atoms with E-state index in [0.717, 1.165) is 5.75 Å². The lowest BCUT2D eigenvalue weighted by Crippen LogP contribution is -3.06. The number of anilines is 1. The molecule has 0 saturated carbocycles. The number of hydrogen-bond donors (Lipinski definition) is 2. The molecule has 7 heteroatoms. The molecule has 6 nitrogen and oxygen atoms in total. The van der Waals surface area contributed by atoms with Gasteiger partial charge in [-0.2, -0.15) is 0 Å². The van der Waals surface area contributed by atoms with E-state index in [1.807, 2.05) is 24.3 Å². The van der Waals surface area contributed by atoms with Gasteiger partial charge in [-0.25, -0.2) is 0 Å². The van der Waals surface area contributed by atoms with Crippen LogP contribution in [0.4, 0.5) is 11.4 Å². The Balaban J connectivity index is 2.12. The molecule has 2 rings (SSSR count). The van der Waals surface area contributed by atoms with Gasteiger partial charge in [-0.15, -0.1) is 0 Å². The van der Waals surface area contributed by atoms with Crippen LogP contribution in [0.3, 0.4) is 0 Å². The summed E-state index contributed by atoms with van der Waals surface area (Å²) >= 11 is 6.13. The van der Waals surface area contributed by atoms with Gasteiger partial charge in [0.15, 0.2) is 0 Å². The maximum atomic E-state index is 10.8. The molecule has 0 aliphatic rings. The van der Waals surface area contributed by atoms with Crippen molar-refractivity contribution in [2.75, 3.05) is 33.1 Å². The van der Waals surface area contributed by atoms with E-state index >= 15 is 0 Å². The normalized spacial score (nSPS) is 12.0. The molecule has 0 radical (unpaired) electrons. The first-order valence-electron chi connectivity index (χ1n) is 7.54. The van der Waals surface area contributed by atoms with E-state index < -0.39 is 4.92 Å². The topological polar surface area (TPSA) is 68.8 Å². The highest BCUT2D eigenvalue weighted by atomic mass is 35.5. The molecule has 128 valence electrons. The second-order valence-electron chi connectivity index (χ2n) is 5.71. The van der Waals surface area contributed by atoms with Crippen molar-refractivity contribution >= 4 is 23.0 Å². The van der Waals surface area contributed by atoms with Crippen molar-refractivity contribution in [2.45, 2.75) is 6.04 Å². The second-order valence-corrected chi connectivity index (χ2v) is 6.11. The zero-order valence-corrected chi connectivity index (χ0v) is 14.6. The van der Waals surface area contributed by atoms with Crippen molar-refractivity contribution in [1.82, 2.24) is 0 Å². The van der Waals surface area contributed by atoms with Gasteiger partial charge in [0.2, 0.25) is 0 Å². The Morgan fingerprint density at radius 2 is 1.92 bits per heavy atom. The quantitative estimate of drug-likeness (QED) is 0.595. The fourth-order valence-corrected chi connectivity index (χ4v) is 2.71. The highest BCUT2D eigenvalue weighted by Crippen LogP contribution is 2.27. The number of likely N-dealkylation sites (N-methyl/N-ethyl adjacent to an activating group) is 1. The number of nitro benzene ring substituents is 1. The van der Waals surface area contributed by atoms with Crippen LogP contribution in [0.2, 0.25) is 5.02 Å². The first-order valence-corrected chi connectivity index (χ1v) is 7.92. The molecule has 1 atom stereocenters. The predicted octanol–water partition coefficient (Wildman–Crippen LogP) is 2.55. The number of non-ortho nitro benzene ring substituents is 1. The first-order chi connectivity index (χ1) is 11.4. The number of nitrogens with one attached hydrogen (secondary N) is 2. The van der Waals surface area contributed by atoms with Crippen molar-refractivity contribution in [2.24, 2.45) is 0 Å². The van der Waals surface area contributed by atoms with Gasteiger partial charge < -0.3 is 15.0 Å². The van der Waals surface area contributed by atoms with E-state index in [1.54, 1.807) is 13.2 Å². The number of ether oxygens (including phenoxy) is 1. The number of nitro groups is 1. The molecule has 0 spiro atoms. The molecule has 2 aromatic carbocycles. The minimum absolute atomic E-state index is 0.0181. The van der Waals surface area contributed by atoms with Crippen molar-refractivity contribution in [3.05, 3.63) is 63.2 Å². The summed E-state index contributed by atoms with van der Waals surface area (Å²) in [6.45, 7) is 0.645. The maximum absolute atomic E-state index is 10.8. The SMILES string of the molecule is COc1ccc([C@H](CNc2ccc([N+](=O)[O-])cc2Cl)[NH+](C)C)cc1. The van der Waals surface area contributed by atoms with E-state index in [0.29, 0.717) is 17.3 Å². The standard InChI is InChI=1S/C17H20ClN3O3/c1-20(2)17(12-4-7-14(24-3)8-5-12)11-19-16-9-6-13(21(22)23)10-15(16)18/h4-10,17,19H,11H2,1-3H3/p+1/t17-/m0/s1. The van der Waals surface area contributed by atoms with Gasteiger partial charge >= 0.3 is 0 Å². The fraction of sp³-hybridized carbons (Fsp3) is 0.294. The third kappa shape index (κ3) is 4.37. The Kier molecular flexibility index (Phi) is 6.00. The van der Waals surface area contributed by atoms with E-state index in [-0.39, 0.29) is 11.7 Å². The average molecular weight is 351 g/mol. The number of hydrogen-bond acceptors (Lipinski definition) is 4. The lowest BCUT2D eigenvalue weighted by molar-refractivity contribution is -0.890. The smallest absolute Gasteiger partial charge is 0.271 e. The molecular formula is C17H21ClN3O3+. The van der Waals surface area contributed by atoms with Gasteiger partial charge in [0, 0.05) is 17.7 Å². The molecule has 0 amide bonds. The summed E-state index contributed by atoms with van der Waals surface area (Å²) in [5.74, 6) is 0.817. The monoisotopic (exact) mass is 350 g/mol. The summed E-state index contributed by atoms with van der Waals surface area (Å²) in [5.41, 5.74) is 1.83. The van der Waals surface area contributed by atoms with Crippen LogP contribution in [0.1, 0.15) is 11.6 Å². The highest BCUT2D eigenvalue weighted by molar-refractivity contribution is 6.33. The van der Waals surface area contributed by atoms with Crippen LogP contribution in [0.5, 0.6) is 5.75 Å². The van der Waals surface area contributed by atoms with Gasteiger partial charge in [-0.3, -0.25) is 10.1 Å². The largest absolute Gasteiger partial charge is 0.497 e. The molecular weight excluding hydrogens is 330 g/mol. The predicted molar refractivity (Wildman–Crippen MR) is 95.1 cm³/mol. The third-order valence-electron chi connectivity index (χ3n) is 3.88. The number of benzene rings is 2. The summed E-state index contributed by atoms with van der Waals surface area (Å²) in [4.78, 5) is 11.6. The van der Waals surface area contributed by atoms with Gasteiger partial charge in [0.25, 0.3) is 5.69 Å². The van der Waals surface area contributed by atoms with Crippen LogP contribution in [0.15, 0.2) is 42.5 Å². The van der Waals surface area contributed by atoms with Crippen molar-refractivity contribution < 1.29 is 14.6 Å². The molecule has 0 aliphatic carbocycles. The number of rotatable bonds is 7. The Labute approximate surface area is 146 Å². The summed E-state index contributed by atoms with van der Waals surface area (Å²) < 4.78 is 5.19. The molecule has 0 fully saturated rings. The fourth-order valence-electron chi connectivity index (χ4n) is 2.46. The Morgan fingerprint density at radius 1 is 1.25 bits per heavy atom. The third-order valence-corrected chi connectivity index (χ3v) is 4.19. The summed E-state index contributed by atoms with van der Waals surface area (Å²) in [7, 11) is 5.80. The molecule has 2 aromatic rings. The number of nitrogens with zero attached hydrogens (tertiary/aromatic N) is 1. The highest BCUT2D eigenvalue weighted by Gasteiger charge is 2.18. The van der Waals surface area contributed by atoms with Crippen molar-refractivity contribution in [1.29, 1.82) is 0 Å². The van der Waals surface area contributed by atoms with E-state index in [1.165, 1.54) is 22.6 Å². The summed E-state index contributed by atoms with van der Waals surface area (Å²) in [6.07, 6.45) is 0. The zero-order valence-electron chi connectivity index (χ0n) is 13.9. The van der Waals surface area contributed by atoms with Crippen molar-refractivity contribution in [3.8, 4) is 5.75 Å². The van der Waals surface area contributed by atoms with Crippen LogP contribution in [-0.2, 0) is 0 Å². The first kappa shape index (κ1) is 18.0. The molecule has 2 N–H and O–H groups in total. The second kappa shape index (κ2) is 7.99. The number of methoxy groups -OCH3 is 1. The molecule has 0 unspecified atom stereocenters. The molecule has 24 heavy (non-hydrogen) atoms. The molecule has 0 bridgehead atoms. The van der Waals surface area contributed by atoms with Crippen LogP contribution in [0.25, 0.3) is 0 Å². The van der Waals surface area contributed by atoms with Gasteiger partial charge in [-0.1, -0.05) is 11.6 Å². The Hall–Kier alpha value is -2.31. The van der Waals surface area contributed by atoms with Gasteiger partial charge in [-0.05, 0) is 30.3 Å². The van der Waals surface area contributed by atoms with Crippen LogP contribution in [-0.4, -0.2) is 32.7 Å².